The van der Waals surface area contributed by atoms with Gasteiger partial charge in [-0.15, -0.1) is 0 Å². The zero-order valence-electron chi connectivity index (χ0n) is 12.5. The van der Waals surface area contributed by atoms with E-state index in [4.69, 9.17) is 4.52 Å². The third-order valence-electron chi connectivity index (χ3n) is 2.94. The number of benzene rings is 1. The fraction of sp³-hybridized carbons (Fsp3) is 0.286. The summed E-state index contributed by atoms with van der Waals surface area (Å²) >= 11 is 0. The van der Waals surface area contributed by atoms with E-state index in [1.807, 2.05) is 14.1 Å². The lowest BCUT2D eigenvalue weighted by Crippen LogP contribution is -2.13. The van der Waals surface area contributed by atoms with E-state index in [1.165, 1.54) is 0 Å². The molecule has 0 atom stereocenters. The molecule has 0 aliphatic heterocycles. The van der Waals surface area contributed by atoms with Gasteiger partial charge in [-0.1, -0.05) is 17.3 Å². The highest BCUT2D eigenvalue weighted by Gasteiger charge is 2.14. The van der Waals surface area contributed by atoms with E-state index in [-0.39, 0.29) is 11.8 Å². The van der Waals surface area contributed by atoms with Gasteiger partial charge < -0.3 is 14.0 Å². The first-order valence-electron chi connectivity index (χ1n) is 6.38. The summed E-state index contributed by atoms with van der Waals surface area (Å²) in [6, 6.07) is 8.35. The summed E-state index contributed by atoms with van der Waals surface area (Å²) in [5.74, 6) is 0.605. The topological polar surface area (TPSA) is 75.4 Å². The molecule has 0 fully saturated rings. The first-order chi connectivity index (χ1) is 9.77. The van der Waals surface area contributed by atoms with Crippen molar-refractivity contribution in [3.05, 3.63) is 35.9 Å². The molecule has 0 spiro atoms. The van der Waals surface area contributed by atoms with Gasteiger partial charge in [0, 0.05) is 31.0 Å². The molecule has 1 N–H and O–H groups in total. The fourth-order valence-electron chi connectivity index (χ4n) is 1.69. The Balaban J connectivity index is 2.11. The van der Waals surface area contributed by atoms with E-state index in [1.54, 1.807) is 48.6 Å². The molecule has 1 amide bonds. The van der Waals surface area contributed by atoms with E-state index >= 15 is 0 Å². The maximum atomic E-state index is 12.1. The van der Waals surface area contributed by atoms with Crippen LogP contribution in [0.3, 0.4) is 0 Å². The molecule has 2 aromatic rings. The SMILES string of the molecule is CN(C)c1cc(NC(=O)c2ccc(P(C)(C)=O)cc2)on1. The fourth-order valence-corrected chi connectivity index (χ4v) is 2.56. The monoisotopic (exact) mass is 307 g/mol. The van der Waals surface area contributed by atoms with E-state index in [2.05, 4.69) is 10.5 Å². The number of hydrogen-bond acceptors (Lipinski definition) is 5. The van der Waals surface area contributed by atoms with Gasteiger partial charge in [0.1, 0.15) is 7.14 Å². The van der Waals surface area contributed by atoms with Crippen molar-refractivity contribution in [1.82, 2.24) is 5.16 Å². The molecule has 1 aromatic carbocycles. The van der Waals surface area contributed by atoms with Gasteiger partial charge in [-0.05, 0) is 25.5 Å². The quantitative estimate of drug-likeness (QED) is 0.877. The number of anilines is 2. The van der Waals surface area contributed by atoms with Gasteiger partial charge in [0.25, 0.3) is 5.91 Å². The molecule has 0 saturated carbocycles. The maximum Gasteiger partial charge on any atom is 0.258 e. The van der Waals surface area contributed by atoms with Gasteiger partial charge in [0.2, 0.25) is 5.88 Å². The van der Waals surface area contributed by atoms with Gasteiger partial charge in [-0.2, -0.15) is 0 Å². The van der Waals surface area contributed by atoms with Crippen LogP contribution in [-0.4, -0.2) is 38.5 Å². The standard InChI is InChI=1S/C14H18N3O3P/c1-17(2)12-9-13(20-16-12)15-14(18)10-5-7-11(8-6-10)21(3,4)19/h5-9H,1-4H3,(H,15,18). The summed E-state index contributed by atoms with van der Waals surface area (Å²) in [6.45, 7) is 3.39. The van der Waals surface area contributed by atoms with Crippen LogP contribution < -0.4 is 15.5 Å². The van der Waals surface area contributed by atoms with Crippen LogP contribution in [0.4, 0.5) is 11.7 Å². The second-order valence-corrected chi connectivity index (χ2v) is 8.51. The third kappa shape index (κ3) is 3.73. The molecule has 1 heterocycles. The molecule has 0 aliphatic rings. The Kier molecular flexibility index (Phi) is 4.19. The lowest BCUT2D eigenvalue weighted by Gasteiger charge is -2.07. The van der Waals surface area contributed by atoms with Crippen molar-refractivity contribution >= 4 is 30.1 Å². The van der Waals surface area contributed by atoms with E-state index in [9.17, 15) is 9.36 Å². The predicted octanol–water partition coefficient (Wildman–Crippen LogP) is 2.24. The van der Waals surface area contributed by atoms with Crippen molar-refractivity contribution in [2.24, 2.45) is 0 Å². The lowest BCUT2D eigenvalue weighted by molar-refractivity contribution is 0.102. The molecule has 0 unspecified atom stereocenters. The number of rotatable bonds is 4. The predicted molar refractivity (Wildman–Crippen MR) is 84.3 cm³/mol. The molecule has 1 aromatic heterocycles. The molecule has 0 aliphatic carbocycles. The first kappa shape index (κ1) is 15.3. The Morgan fingerprint density at radius 1 is 1.24 bits per heavy atom. The number of carbonyl (C=O) groups excluding carboxylic acids is 1. The Morgan fingerprint density at radius 3 is 2.33 bits per heavy atom. The molecule has 0 radical (unpaired) electrons. The highest BCUT2D eigenvalue weighted by molar-refractivity contribution is 7.70. The largest absolute Gasteiger partial charge is 0.360 e. The van der Waals surface area contributed by atoms with Gasteiger partial charge in [0.15, 0.2) is 5.82 Å². The number of carbonyl (C=O) groups is 1. The molecule has 0 saturated heterocycles. The maximum absolute atomic E-state index is 12.1. The lowest BCUT2D eigenvalue weighted by atomic mass is 10.2. The van der Waals surface area contributed by atoms with Crippen molar-refractivity contribution < 1.29 is 13.9 Å². The Hall–Kier alpha value is -2.07. The Morgan fingerprint density at radius 2 is 1.86 bits per heavy atom. The second kappa shape index (κ2) is 5.74. The van der Waals surface area contributed by atoms with Crippen LogP contribution in [0.25, 0.3) is 0 Å². The van der Waals surface area contributed by atoms with Crippen LogP contribution >= 0.6 is 7.14 Å². The van der Waals surface area contributed by atoms with Crippen LogP contribution in [-0.2, 0) is 4.57 Å². The zero-order chi connectivity index (χ0) is 15.6. The van der Waals surface area contributed by atoms with Crippen LogP contribution in [0.15, 0.2) is 34.9 Å². The average Bonchev–Trinajstić information content (AvgIpc) is 2.86. The summed E-state index contributed by atoms with van der Waals surface area (Å²) in [6.07, 6.45) is 0. The summed E-state index contributed by atoms with van der Waals surface area (Å²) in [5.41, 5.74) is 0.468. The highest BCUT2D eigenvalue weighted by Crippen LogP contribution is 2.34. The first-order valence-corrected chi connectivity index (χ1v) is 8.98. The third-order valence-corrected chi connectivity index (χ3v) is 4.49. The minimum absolute atomic E-state index is 0.282. The number of nitrogens with one attached hydrogen (secondary N) is 1. The Labute approximate surface area is 123 Å². The summed E-state index contributed by atoms with van der Waals surface area (Å²) < 4.78 is 17.0. The molecule has 7 heteroatoms. The van der Waals surface area contributed by atoms with Gasteiger partial charge in [-0.25, -0.2) is 0 Å². The van der Waals surface area contributed by atoms with Crippen molar-refractivity contribution in [3.8, 4) is 0 Å². The normalized spacial score (nSPS) is 11.2. The van der Waals surface area contributed by atoms with E-state index in [0.29, 0.717) is 11.4 Å². The van der Waals surface area contributed by atoms with E-state index in [0.717, 1.165) is 5.30 Å². The van der Waals surface area contributed by atoms with Crippen LogP contribution in [0.1, 0.15) is 10.4 Å². The van der Waals surface area contributed by atoms with E-state index < -0.39 is 7.14 Å². The summed E-state index contributed by atoms with van der Waals surface area (Å²) in [5, 5.41) is 7.18. The molecular weight excluding hydrogens is 289 g/mol. The number of hydrogen-bond donors (Lipinski definition) is 1. The van der Waals surface area contributed by atoms with Gasteiger partial charge in [-0.3, -0.25) is 10.1 Å². The summed E-state index contributed by atoms with van der Waals surface area (Å²) in [7, 11) is 1.35. The molecular formula is C14H18N3O3P. The molecule has 0 bridgehead atoms. The average molecular weight is 307 g/mol. The van der Waals surface area contributed by atoms with Crippen molar-refractivity contribution in [3.63, 3.8) is 0 Å². The number of amides is 1. The van der Waals surface area contributed by atoms with Crippen LogP contribution in [0.5, 0.6) is 0 Å². The minimum atomic E-state index is -2.31. The number of nitrogens with zero attached hydrogens (tertiary/aromatic N) is 2. The van der Waals surface area contributed by atoms with Crippen molar-refractivity contribution in [2.45, 2.75) is 0 Å². The highest BCUT2D eigenvalue weighted by atomic mass is 31.2. The molecule has 21 heavy (non-hydrogen) atoms. The molecule has 2 rings (SSSR count). The molecule has 112 valence electrons. The molecule has 6 nitrogen and oxygen atoms in total. The van der Waals surface area contributed by atoms with Crippen LogP contribution in [0, 0.1) is 0 Å². The second-order valence-electron chi connectivity index (χ2n) is 5.30. The van der Waals surface area contributed by atoms with Crippen LogP contribution in [0.2, 0.25) is 0 Å². The van der Waals surface area contributed by atoms with Crippen molar-refractivity contribution in [2.75, 3.05) is 37.6 Å². The van der Waals surface area contributed by atoms with Gasteiger partial charge >= 0.3 is 0 Å². The smallest absolute Gasteiger partial charge is 0.258 e. The number of aromatic nitrogens is 1. The van der Waals surface area contributed by atoms with Crippen molar-refractivity contribution in [1.29, 1.82) is 0 Å². The zero-order valence-corrected chi connectivity index (χ0v) is 13.3. The Bertz CT molecular complexity index is 686. The van der Waals surface area contributed by atoms with Gasteiger partial charge in [0.05, 0.1) is 0 Å². The summed E-state index contributed by atoms with van der Waals surface area (Å²) in [4.78, 5) is 13.8. The minimum Gasteiger partial charge on any atom is -0.360 e.